The van der Waals surface area contributed by atoms with Gasteiger partial charge in [0.15, 0.2) is 10.1 Å². The maximum absolute atomic E-state index is 12.0. The number of phenols is 1. The quantitative estimate of drug-likeness (QED) is 0.191. The molecule has 0 atom stereocenters. The largest absolute Gasteiger partial charge is 0.507 e. The number of Topliss-reactive ketones (excluding diaryl/α,β-unsaturated/α-hetero) is 1. The number of benzene rings is 1. The molecule has 0 aliphatic rings. The van der Waals surface area contributed by atoms with E-state index in [0.29, 0.717) is 33.6 Å². The maximum atomic E-state index is 12.0. The monoisotopic (exact) mass is 453 g/mol. The fraction of sp³-hybridized carbons (Fsp3) is 0.421. The molecule has 2 aromatic rings. The van der Waals surface area contributed by atoms with Crippen molar-refractivity contribution in [3.05, 3.63) is 23.3 Å². The Morgan fingerprint density at radius 2 is 2.03 bits per heavy atom. The number of carbonyl (C=O) groups is 3. The number of aromatic nitrogens is 2. The van der Waals surface area contributed by atoms with Crippen molar-refractivity contribution < 1.29 is 29.3 Å². The lowest BCUT2D eigenvalue weighted by Crippen LogP contribution is -2.13. The van der Waals surface area contributed by atoms with Gasteiger partial charge in [-0.25, -0.2) is 0 Å². The van der Waals surface area contributed by atoms with Crippen molar-refractivity contribution in [2.45, 2.75) is 43.9 Å². The predicted molar refractivity (Wildman–Crippen MR) is 114 cm³/mol. The average Bonchev–Trinajstić information content (AvgIpc) is 3.13. The summed E-state index contributed by atoms with van der Waals surface area (Å²) in [6.07, 6.45) is 1.98. The summed E-state index contributed by atoms with van der Waals surface area (Å²) < 4.78 is 6.19. The van der Waals surface area contributed by atoms with Gasteiger partial charge >= 0.3 is 5.97 Å². The molecule has 11 heteroatoms. The molecule has 1 amide bonds. The van der Waals surface area contributed by atoms with Crippen LogP contribution in [0.25, 0.3) is 0 Å². The molecule has 162 valence electrons. The van der Waals surface area contributed by atoms with Crippen LogP contribution in [-0.2, 0) is 16.0 Å². The molecular formula is C19H23N3O6S2. The Balaban J connectivity index is 1.83. The number of rotatable bonds is 12. The van der Waals surface area contributed by atoms with E-state index in [4.69, 9.17) is 9.84 Å². The Morgan fingerprint density at radius 1 is 1.27 bits per heavy atom. The standard InChI is InChI=1S/C19H23N3O6S2/c1-3-5-13-14(8-7-12(11(2)23)17(13)27)28-9-4-6-15(24)20-18-21-22-19(30-18)29-10-16(25)26/h7-8,27H,3-6,9-10H2,1-2H3,(H,25,26)(H,20,21,24). The number of nitrogens with zero attached hydrogens (tertiary/aromatic N) is 2. The summed E-state index contributed by atoms with van der Waals surface area (Å²) in [7, 11) is 0. The minimum absolute atomic E-state index is 0.0487. The van der Waals surface area contributed by atoms with Crippen LogP contribution in [0.15, 0.2) is 16.5 Å². The number of amides is 1. The van der Waals surface area contributed by atoms with Gasteiger partial charge in [0, 0.05) is 12.0 Å². The number of thioether (sulfide) groups is 1. The second-order valence-corrected chi connectivity index (χ2v) is 8.50. The van der Waals surface area contributed by atoms with Crippen molar-refractivity contribution in [2.24, 2.45) is 0 Å². The van der Waals surface area contributed by atoms with Crippen molar-refractivity contribution in [3.8, 4) is 11.5 Å². The first kappa shape index (κ1) is 23.6. The van der Waals surface area contributed by atoms with Crippen LogP contribution in [0, 0.1) is 0 Å². The first-order valence-electron chi connectivity index (χ1n) is 9.28. The SMILES string of the molecule is CCCc1c(OCCCC(=O)Nc2nnc(SCC(=O)O)s2)ccc(C(C)=O)c1O. The molecule has 0 spiro atoms. The van der Waals surface area contributed by atoms with Gasteiger partial charge in [-0.05, 0) is 31.9 Å². The van der Waals surface area contributed by atoms with E-state index in [1.54, 1.807) is 6.07 Å². The van der Waals surface area contributed by atoms with Gasteiger partial charge in [-0.15, -0.1) is 10.2 Å². The summed E-state index contributed by atoms with van der Waals surface area (Å²) in [4.78, 5) is 34.2. The highest BCUT2D eigenvalue weighted by atomic mass is 32.2. The Bertz CT molecular complexity index is 916. The number of phenolic OH excluding ortho intramolecular Hbond substituents is 1. The van der Waals surface area contributed by atoms with Crippen LogP contribution in [0.4, 0.5) is 5.13 Å². The number of aromatic hydroxyl groups is 1. The normalized spacial score (nSPS) is 10.6. The van der Waals surface area contributed by atoms with Gasteiger partial charge in [0.1, 0.15) is 11.5 Å². The minimum Gasteiger partial charge on any atom is -0.507 e. The molecule has 2 rings (SSSR count). The summed E-state index contributed by atoms with van der Waals surface area (Å²) in [5, 5.41) is 29.5. The van der Waals surface area contributed by atoms with E-state index >= 15 is 0 Å². The van der Waals surface area contributed by atoms with E-state index in [1.807, 2.05) is 6.92 Å². The molecule has 0 bridgehead atoms. The van der Waals surface area contributed by atoms with Crippen molar-refractivity contribution in [3.63, 3.8) is 0 Å². The zero-order valence-electron chi connectivity index (χ0n) is 16.6. The van der Waals surface area contributed by atoms with Crippen molar-refractivity contribution in [1.82, 2.24) is 10.2 Å². The van der Waals surface area contributed by atoms with E-state index < -0.39 is 5.97 Å². The van der Waals surface area contributed by atoms with Crippen LogP contribution in [0.3, 0.4) is 0 Å². The van der Waals surface area contributed by atoms with Crippen LogP contribution in [0.1, 0.15) is 49.0 Å². The Hall–Kier alpha value is -2.66. The van der Waals surface area contributed by atoms with Crippen LogP contribution in [0.2, 0.25) is 0 Å². The van der Waals surface area contributed by atoms with Crippen LogP contribution >= 0.6 is 23.1 Å². The van der Waals surface area contributed by atoms with Crippen LogP contribution in [0.5, 0.6) is 11.5 Å². The highest BCUT2D eigenvalue weighted by Crippen LogP contribution is 2.33. The molecule has 1 aromatic carbocycles. The topological polar surface area (TPSA) is 139 Å². The van der Waals surface area contributed by atoms with Gasteiger partial charge in [-0.2, -0.15) is 0 Å². The van der Waals surface area contributed by atoms with Crippen molar-refractivity contribution >= 4 is 45.9 Å². The molecule has 9 nitrogen and oxygen atoms in total. The molecule has 1 heterocycles. The molecule has 0 aliphatic heterocycles. The highest BCUT2D eigenvalue weighted by Gasteiger charge is 2.16. The zero-order chi connectivity index (χ0) is 22.1. The number of hydrogen-bond acceptors (Lipinski definition) is 9. The predicted octanol–water partition coefficient (Wildman–Crippen LogP) is 3.37. The van der Waals surface area contributed by atoms with E-state index in [-0.39, 0.29) is 41.8 Å². The highest BCUT2D eigenvalue weighted by molar-refractivity contribution is 8.01. The third-order valence-electron chi connectivity index (χ3n) is 3.90. The minimum atomic E-state index is -0.952. The maximum Gasteiger partial charge on any atom is 0.313 e. The fourth-order valence-corrected chi connectivity index (χ4v) is 4.06. The summed E-state index contributed by atoms with van der Waals surface area (Å²) in [6, 6.07) is 3.20. The van der Waals surface area contributed by atoms with E-state index in [1.165, 1.54) is 13.0 Å². The second kappa shape index (κ2) is 11.5. The van der Waals surface area contributed by atoms with Gasteiger partial charge in [-0.3, -0.25) is 14.4 Å². The Morgan fingerprint density at radius 3 is 2.70 bits per heavy atom. The Kier molecular flexibility index (Phi) is 9.06. The van der Waals surface area contributed by atoms with Gasteiger partial charge in [0.05, 0.1) is 17.9 Å². The van der Waals surface area contributed by atoms with E-state index in [9.17, 15) is 19.5 Å². The van der Waals surface area contributed by atoms with Crippen molar-refractivity contribution in [1.29, 1.82) is 0 Å². The summed E-state index contributed by atoms with van der Waals surface area (Å²) >= 11 is 2.15. The van der Waals surface area contributed by atoms with Crippen molar-refractivity contribution in [2.75, 3.05) is 17.7 Å². The molecule has 0 saturated carbocycles. The number of hydrogen-bond donors (Lipinski definition) is 3. The number of carbonyl (C=O) groups excluding carboxylic acids is 2. The molecule has 0 radical (unpaired) electrons. The molecule has 0 saturated heterocycles. The molecule has 0 fully saturated rings. The number of ether oxygens (including phenoxy) is 1. The average molecular weight is 454 g/mol. The van der Waals surface area contributed by atoms with Gasteiger partial charge in [-0.1, -0.05) is 36.4 Å². The number of nitrogens with one attached hydrogen (secondary N) is 1. The molecule has 1 aromatic heterocycles. The lowest BCUT2D eigenvalue weighted by molar-refractivity contribution is -0.133. The lowest BCUT2D eigenvalue weighted by atomic mass is 10.0. The summed E-state index contributed by atoms with van der Waals surface area (Å²) in [5.41, 5.74) is 0.859. The Labute approximate surface area is 181 Å². The molecule has 3 N–H and O–H groups in total. The number of carboxylic acids is 1. The number of ketones is 1. The van der Waals surface area contributed by atoms with Crippen LogP contribution < -0.4 is 10.1 Å². The molecule has 0 aliphatic carbocycles. The third kappa shape index (κ3) is 6.99. The third-order valence-corrected chi connectivity index (χ3v) is 5.85. The van der Waals surface area contributed by atoms with E-state index in [2.05, 4.69) is 15.5 Å². The van der Waals surface area contributed by atoms with Crippen LogP contribution in [-0.4, -0.2) is 50.4 Å². The molecule has 0 unspecified atom stereocenters. The lowest BCUT2D eigenvalue weighted by Gasteiger charge is -2.14. The zero-order valence-corrected chi connectivity index (χ0v) is 18.3. The smallest absolute Gasteiger partial charge is 0.313 e. The number of anilines is 1. The molecule has 30 heavy (non-hydrogen) atoms. The molecular weight excluding hydrogens is 430 g/mol. The van der Waals surface area contributed by atoms with Gasteiger partial charge in [0.2, 0.25) is 11.0 Å². The van der Waals surface area contributed by atoms with Gasteiger partial charge < -0.3 is 20.3 Å². The second-order valence-electron chi connectivity index (χ2n) is 6.30. The first-order valence-corrected chi connectivity index (χ1v) is 11.1. The number of aliphatic carboxylic acids is 1. The van der Waals surface area contributed by atoms with E-state index in [0.717, 1.165) is 29.5 Å². The first-order chi connectivity index (χ1) is 14.3. The van der Waals surface area contributed by atoms with Gasteiger partial charge in [0.25, 0.3) is 0 Å². The fourth-order valence-electron chi connectivity index (χ4n) is 2.57. The summed E-state index contributed by atoms with van der Waals surface area (Å²) in [6.45, 7) is 3.63. The summed E-state index contributed by atoms with van der Waals surface area (Å²) in [5.74, 6) is -1.09. The number of carboxylic acid groups (broad SMARTS) is 1.